The second-order valence-corrected chi connectivity index (χ2v) is 6.96. The predicted octanol–water partition coefficient (Wildman–Crippen LogP) is 6.14. The van der Waals surface area contributed by atoms with E-state index in [0.717, 1.165) is 24.3 Å². The fourth-order valence-electron chi connectivity index (χ4n) is 3.61. The number of rotatable bonds is 3. The van der Waals surface area contributed by atoms with Crippen molar-refractivity contribution < 1.29 is 0 Å². The van der Waals surface area contributed by atoms with E-state index < -0.39 is 0 Å². The second-order valence-electron chi connectivity index (χ2n) is 6.96. The minimum atomic E-state index is 0.571. The van der Waals surface area contributed by atoms with Crippen LogP contribution in [0.5, 0.6) is 0 Å². The molecule has 0 unspecified atom stereocenters. The maximum absolute atomic E-state index is 3.52. The zero-order valence-corrected chi connectivity index (χ0v) is 15.0. The van der Waals surface area contributed by atoms with Crippen LogP contribution >= 0.6 is 0 Å². The molecular weight excluding hydrogens is 288 g/mol. The van der Waals surface area contributed by atoms with Gasteiger partial charge < -0.3 is 0 Å². The Kier molecular flexibility index (Phi) is 5.76. The van der Waals surface area contributed by atoms with E-state index in [9.17, 15) is 0 Å². The fraction of sp³-hybridized carbons (Fsp3) is 0.417. The van der Waals surface area contributed by atoms with Gasteiger partial charge in [0.15, 0.2) is 0 Å². The van der Waals surface area contributed by atoms with Crippen molar-refractivity contribution in [2.45, 2.75) is 58.3 Å². The van der Waals surface area contributed by atoms with Gasteiger partial charge in [0.2, 0.25) is 0 Å². The molecule has 124 valence electrons. The molecule has 0 saturated heterocycles. The van der Waals surface area contributed by atoms with Crippen LogP contribution in [-0.2, 0) is 12.8 Å². The largest absolute Gasteiger partial charge is 0.0945 e. The Morgan fingerprint density at radius 1 is 0.750 bits per heavy atom. The average molecular weight is 316 g/mol. The highest BCUT2D eigenvalue weighted by atomic mass is 14.2. The first-order valence-electron chi connectivity index (χ1n) is 9.47. The minimum absolute atomic E-state index is 0.571. The lowest BCUT2D eigenvalue weighted by atomic mass is 9.79. The van der Waals surface area contributed by atoms with Gasteiger partial charge in [-0.05, 0) is 73.3 Å². The van der Waals surface area contributed by atoms with Gasteiger partial charge in [0.1, 0.15) is 0 Å². The highest BCUT2D eigenvalue weighted by Crippen LogP contribution is 2.35. The molecule has 0 aromatic heterocycles. The van der Waals surface area contributed by atoms with E-state index in [-0.39, 0.29) is 0 Å². The molecule has 0 heterocycles. The molecule has 2 aromatic carbocycles. The van der Waals surface area contributed by atoms with Crippen LogP contribution in [0.3, 0.4) is 0 Å². The molecule has 24 heavy (non-hydrogen) atoms. The highest BCUT2D eigenvalue weighted by Gasteiger charge is 2.21. The number of hydrogen-bond acceptors (Lipinski definition) is 0. The molecule has 0 bridgehead atoms. The van der Waals surface area contributed by atoms with Gasteiger partial charge in [-0.1, -0.05) is 62.1 Å². The topological polar surface area (TPSA) is 0 Å². The van der Waals surface area contributed by atoms with Crippen LogP contribution in [0.15, 0.2) is 48.5 Å². The molecule has 3 rings (SSSR count). The first kappa shape index (κ1) is 16.8. The van der Waals surface area contributed by atoms with Gasteiger partial charge in [-0.15, -0.1) is 0 Å². The number of aryl methyl sites for hydroxylation is 2. The normalized spacial score (nSPS) is 20.2. The summed E-state index contributed by atoms with van der Waals surface area (Å²) < 4.78 is 0. The lowest BCUT2D eigenvalue weighted by Gasteiger charge is -2.26. The van der Waals surface area contributed by atoms with E-state index in [4.69, 9.17) is 0 Å². The molecule has 0 radical (unpaired) electrons. The molecule has 1 aliphatic rings. The predicted molar refractivity (Wildman–Crippen MR) is 103 cm³/mol. The Balaban J connectivity index is 1.55. The van der Waals surface area contributed by atoms with Crippen LogP contribution < -0.4 is 0 Å². The molecule has 2 aromatic rings. The first-order chi connectivity index (χ1) is 11.8. The molecule has 0 amide bonds. The maximum atomic E-state index is 3.52. The Morgan fingerprint density at radius 3 is 1.83 bits per heavy atom. The third kappa shape index (κ3) is 4.30. The first-order valence-corrected chi connectivity index (χ1v) is 9.47. The summed E-state index contributed by atoms with van der Waals surface area (Å²) in [6.45, 7) is 4.41. The van der Waals surface area contributed by atoms with Crippen LogP contribution in [0, 0.1) is 17.8 Å². The van der Waals surface area contributed by atoms with Crippen molar-refractivity contribution in [1.29, 1.82) is 0 Å². The van der Waals surface area contributed by atoms with Gasteiger partial charge in [-0.25, -0.2) is 0 Å². The summed E-state index contributed by atoms with van der Waals surface area (Å²) in [4.78, 5) is 0. The summed E-state index contributed by atoms with van der Waals surface area (Å²) in [5.41, 5.74) is 5.50. The van der Waals surface area contributed by atoms with Gasteiger partial charge in [0, 0.05) is 11.5 Å². The minimum Gasteiger partial charge on any atom is -0.0945 e. The molecule has 0 spiro atoms. The van der Waals surface area contributed by atoms with Crippen LogP contribution in [0.1, 0.15) is 67.7 Å². The third-order valence-electron chi connectivity index (χ3n) is 5.37. The standard InChI is InChI=1S/C24H28/c1-3-19-5-7-21(8-6-19)9-10-22-13-17-24(18-14-22)23-15-11-20(4-2)12-16-23/h5-8,11-12,15-16,22,24H,3-4,13-14,17-18H2,1-2H3. The van der Waals surface area contributed by atoms with E-state index in [1.807, 2.05) is 0 Å². The van der Waals surface area contributed by atoms with Gasteiger partial charge in [0.25, 0.3) is 0 Å². The molecule has 0 N–H and O–H groups in total. The van der Waals surface area contributed by atoms with Gasteiger partial charge in [-0.2, -0.15) is 0 Å². The van der Waals surface area contributed by atoms with Crippen molar-refractivity contribution in [3.8, 4) is 11.8 Å². The number of hydrogen-bond donors (Lipinski definition) is 0. The van der Waals surface area contributed by atoms with Crippen LogP contribution in [0.4, 0.5) is 0 Å². The zero-order valence-electron chi connectivity index (χ0n) is 15.0. The van der Waals surface area contributed by atoms with Gasteiger partial charge in [-0.3, -0.25) is 0 Å². The molecule has 1 aliphatic carbocycles. The summed E-state index contributed by atoms with van der Waals surface area (Å²) >= 11 is 0. The lowest BCUT2D eigenvalue weighted by Crippen LogP contribution is -2.12. The Labute approximate surface area is 147 Å². The smallest absolute Gasteiger partial charge is 0.0245 e. The Hall–Kier alpha value is -2.00. The Morgan fingerprint density at radius 2 is 1.29 bits per heavy atom. The SMILES string of the molecule is CCc1ccc(C#CC2CCC(c3ccc(CC)cc3)CC2)cc1. The molecule has 0 aliphatic heterocycles. The van der Waals surface area contributed by atoms with E-state index in [2.05, 4.69) is 74.2 Å². The Bertz CT molecular complexity index is 686. The van der Waals surface area contributed by atoms with Crippen molar-refractivity contribution in [2.75, 3.05) is 0 Å². The van der Waals surface area contributed by atoms with Crippen molar-refractivity contribution in [3.05, 3.63) is 70.8 Å². The highest BCUT2D eigenvalue weighted by molar-refractivity contribution is 5.36. The summed E-state index contributed by atoms with van der Waals surface area (Å²) in [6.07, 6.45) is 7.25. The van der Waals surface area contributed by atoms with E-state index in [1.165, 1.54) is 42.4 Å². The summed E-state index contributed by atoms with van der Waals surface area (Å²) in [5.74, 6) is 8.21. The number of benzene rings is 2. The van der Waals surface area contributed by atoms with Crippen LogP contribution in [0.25, 0.3) is 0 Å². The monoisotopic (exact) mass is 316 g/mol. The van der Waals surface area contributed by atoms with Crippen LogP contribution in [0.2, 0.25) is 0 Å². The molecule has 0 nitrogen and oxygen atoms in total. The van der Waals surface area contributed by atoms with Crippen molar-refractivity contribution in [3.63, 3.8) is 0 Å². The van der Waals surface area contributed by atoms with Gasteiger partial charge >= 0.3 is 0 Å². The maximum Gasteiger partial charge on any atom is 0.0245 e. The van der Waals surface area contributed by atoms with Crippen molar-refractivity contribution in [2.24, 2.45) is 5.92 Å². The van der Waals surface area contributed by atoms with Gasteiger partial charge in [0.05, 0.1) is 0 Å². The van der Waals surface area contributed by atoms with E-state index in [0.29, 0.717) is 5.92 Å². The molecule has 1 fully saturated rings. The zero-order chi connectivity index (χ0) is 16.8. The second kappa shape index (κ2) is 8.20. The summed E-state index contributed by atoms with van der Waals surface area (Å²) in [5, 5.41) is 0. The van der Waals surface area contributed by atoms with E-state index >= 15 is 0 Å². The molecule has 0 heteroatoms. The summed E-state index contributed by atoms with van der Waals surface area (Å²) in [7, 11) is 0. The average Bonchev–Trinajstić information content (AvgIpc) is 2.67. The van der Waals surface area contributed by atoms with Crippen molar-refractivity contribution in [1.82, 2.24) is 0 Å². The lowest BCUT2D eigenvalue weighted by molar-refractivity contribution is 0.384. The molecule has 1 saturated carbocycles. The third-order valence-corrected chi connectivity index (χ3v) is 5.37. The van der Waals surface area contributed by atoms with E-state index in [1.54, 1.807) is 0 Å². The quantitative estimate of drug-likeness (QED) is 0.597. The van der Waals surface area contributed by atoms with Crippen LogP contribution in [-0.4, -0.2) is 0 Å². The summed E-state index contributed by atoms with van der Waals surface area (Å²) in [6, 6.07) is 18.0. The fourth-order valence-corrected chi connectivity index (χ4v) is 3.61. The van der Waals surface area contributed by atoms with Crippen molar-refractivity contribution >= 4 is 0 Å². The molecular formula is C24H28. The molecule has 0 atom stereocenters.